The highest BCUT2D eigenvalue weighted by molar-refractivity contribution is 9.10. The number of phenols is 1. The predicted molar refractivity (Wildman–Crippen MR) is 74.9 cm³/mol. The van der Waals surface area contributed by atoms with Gasteiger partial charge in [0.15, 0.2) is 0 Å². The molecular formula is C12H18BBrO4. The second-order valence-corrected chi connectivity index (χ2v) is 6.20. The number of hydrogen-bond donors (Lipinski definition) is 3. The normalized spacial score (nSPS) is 12.6. The standard InChI is InChI=1S/C12H18BBrO4/c1-11(2,16)12(3,4)18-13(17)8-5-9(14)7-10(15)6-8/h5-7,15-17H,1-4H3. The van der Waals surface area contributed by atoms with E-state index in [4.69, 9.17) is 4.65 Å². The monoisotopic (exact) mass is 316 g/mol. The Labute approximate surface area is 116 Å². The zero-order chi connectivity index (χ0) is 14.1. The molecule has 6 heteroatoms. The van der Waals surface area contributed by atoms with Crippen molar-refractivity contribution < 1.29 is 19.9 Å². The SMILES string of the molecule is CC(C)(O)C(C)(C)OB(O)c1cc(O)cc(Br)c1. The van der Waals surface area contributed by atoms with E-state index in [-0.39, 0.29) is 5.75 Å². The number of rotatable bonds is 4. The minimum absolute atomic E-state index is 0.0306. The van der Waals surface area contributed by atoms with E-state index < -0.39 is 18.3 Å². The fourth-order valence-electron chi connectivity index (χ4n) is 1.23. The minimum atomic E-state index is -1.23. The number of aliphatic hydroxyl groups is 1. The summed E-state index contributed by atoms with van der Waals surface area (Å²) in [6, 6.07) is 4.57. The lowest BCUT2D eigenvalue weighted by Crippen LogP contribution is -2.53. The van der Waals surface area contributed by atoms with E-state index >= 15 is 0 Å². The highest BCUT2D eigenvalue weighted by Gasteiger charge is 2.39. The van der Waals surface area contributed by atoms with E-state index in [1.807, 2.05) is 0 Å². The van der Waals surface area contributed by atoms with Gasteiger partial charge in [0, 0.05) is 4.47 Å². The van der Waals surface area contributed by atoms with Crippen molar-refractivity contribution in [3.63, 3.8) is 0 Å². The molecule has 0 unspecified atom stereocenters. The molecule has 100 valence electrons. The molecule has 0 fully saturated rings. The molecule has 0 atom stereocenters. The first-order valence-corrected chi connectivity index (χ1v) is 6.40. The quantitative estimate of drug-likeness (QED) is 0.735. The van der Waals surface area contributed by atoms with Crippen LogP contribution in [0.3, 0.4) is 0 Å². The molecule has 4 nitrogen and oxygen atoms in total. The topological polar surface area (TPSA) is 69.9 Å². The molecule has 0 saturated carbocycles. The van der Waals surface area contributed by atoms with Crippen molar-refractivity contribution in [2.75, 3.05) is 0 Å². The van der Waals surface area contributed by atoms with Crippen molar-refractivity contribution in [3.8, 4) is 5.75 Å². The fourth-order valence-corrected chi connectivity index (χ4v) is 1.73. The van der Waals surface area contributed by atoms with Gasteiger partial charge >= 0.3 is 7.12 Å². The van der Waals surface area contributed by atoms with Crippen LogP contribution in [0.25, 0.3) is 0 Å². The first-order valence-electron chi connectivity index (χ1n) is 5.60. The summed E-state index contributed by atoms with van der Waals surface area (Å²) in [5.41, 5.74) is -1.63. The maximum Gasteiger partial charge on any atom is 0.491 e. The van der Waals surface area contributed by atoms with Gasteiger partial charge in [0.25, 0.3) is 0 Å². The Hall–Kier alpha value is -0.555. The average Bonchev–Trinajstić information content (AvgIpc) is 2.13. The molecule has 0 bridgehead atoms. The third-order valence-corrected chi connectivity index (χ3v) is 3.53. The van der Waals surface area contributed by atoms with E-state index in [0.29, 0.717) is 9.94 Å². The van der Waals surface area contributed by atoms with Crippen LogP contribution >= 0.6 is 15.9 Å². The summed E-state index contributed by atoms with van der Waals surface area (Å²) in [6.07, 6.45) is 0. The van der Waals surface area contributed by atoms with Gasteiger partial charge in [-0.2, -0.15) is 0 Å². The number of benzene rings is 1. The third kappa shape index (κ3) is 3.72. The van der Waals surface area contributed by atoms with Gasteiger partial charge in [0.2, 0.25) is 0 Å². The summed E-state index contributed by atoms with van der Waals surface area (Å²) in [5.74, 6) is 0.0306. The van der Waals surface area contributed by atoms with Crippen LogP contribution < -0.4 is 5.46 Å². The summed E-state index contributed by atoms with van der Waals surface area (Å²) < 4.78 is 6.11. The van der Waals surface area contributed by atoms with Crippen LogP contribution in [-0.4, -0.2) is 33.6 Å². The summed E-state index contributed by atoms with van der Waals surface area (Å²) in [4.78, 5) is 0. The summed E-state index contributed by atoms with van der Waals surface area (Å²) in [7, 11) is -1.23. The average molecular weight is 317 g/mol. The molecule has 0 saturated heterocycles. The van der Waals surface area contributed by atoms with Crippen molar-refractivity contribution in [2.45, 2.75) is 38.9 Å². The van der Waals surface area contributed by atoms with Gasteiger partial charge < -0.3 is 19.9 Å². The Morgan fingerprint density at radius 3 is 2.17 bits per heavy atom. The van der Waals surface area contributed by atoms with Gasteiger partial charge in [-0.25, -0.2) is 0 Å². The van der Waals surface area contributed by atoms with Gasteiger partial charge in [-0.15, -0.1) is 0 Å². The highest BCUT2D eigenvalue weighted by Crippen LogP contribution is 2.25. The third-order valence-electron chi connectivity index (χ3n) is 3.07. The minimum Gasteiger partial charge on any atom is -0.508 e. The molecule has 1 rings (SSSR count). The molecular weight excluding hydrogens is 299 g/mol. The Morgan fingerprint density at radius 1 is 1.17 bits per heavy atom. The van der Waals surface area contributed by atoms with Crippen LogP contribution in [-0.2, 0) is 4.65 Å². The first-order chi connectivity index (χ1) is 8.03. The van der Waals surface area contributed by atoms with Gasteiger partial charge in [0.1, 0.15) is 5.75 Å². The fraction of sp³-hybridized carbons (Fsp3) is 0.500. The van der Waals surface area contributed by atoms with Crippen LogP contribution in [0.15, 0.2) is 22.7 Å². The molecule has 1 aromatic carbocycles. The summed E-state index contributed by atoms with van der Waals surface area (Å²) >= 11 is 3.22. The lowest BCUT2D eigenvalue weighted by Gasteiger charge is -2.38. The number of aromatic hydroxyl groups is 1. The molecule has 1 aromatic rings. The maximum atomic E-state index is 10.0. The zero-order valence-electron chi connectivity index (χ0n) is 10.9. The molecule has 0 aromatic heterocycles. The van der Waals surface area contributed by atoms with Crippen molar-refractivity contribution >= 4 is 28.5 Å². The van der Waals surface area contributed by atoms with E-state index in [1.165, 1.54) is 12.1 Å². The van der Waals surface area contributed by atoms with Crippen molar-refractivity contribution in [3.05, 3.63) is 22.7 Å². The van der Waals surface area contributed by atoms with Crippen molar-refractivity contribution in [1.29, 1.82) is 0 Å². The lowest BCUT2D eigenvalue weighted by molar-refractivity contribution is -0.0982. The van der Waals surface area contributed by atoms with Crippen LogP contribution in [0.4, 0.5) is 0 Å². The van der Waals surface area contributed by atoms with E-state index in [2.05, 4.69) is 15.9 Å². The summed E-state index contributed by atoms with van der Waals surface area (Å²) in [5, 5.41) is 29.4. The van der Waals surface area contributed by atoms with E-state index in [1.54, 1.807) is 33.8 Å². The molecule has 0 spiro atoms. The van der Waals surface area contributed by atoms with Crippen molar-refractivity contribution in [1.82, 2.24) is 0 Å². The molecule has 0 radical (unpaired) electrons. The van der Waals surface area contributed by atoms with Gasteiger partial charge in [0.05, 0.1) is 11.2 Å². The van der Waals surface area contributed by atoms with Gasteiger partial charge in [-0.3, -0.25) is 0 Å². The largest absolute Gasteiger partial charge is 0.508 e. The summed E-state index contributed by atoms with van der Waals surface area (Å²) in [6.45, 7) is 6.60. The molecule has 18 heavy (non-hydrogen) atoms. The predicted octanol–water partition coefficient (Wildman–Crippen LogP) is 1.41. The molecule has 0 aliphatic carbocycles. The maximum absolute atomic E-state index is 10.0. The Bertz CT molecular complexity index is 408. The van der Waals surface area contributed by atoms with E-state index in [0.717, 1.165) is 0 Å². The molecule has 0 aliphatic rings. The number of phenolic OH excluding ortho intramolecular Hbond substituents is 1. The van der Waals surface area contributed by atoms with E-state index in [9.17, 15) is 15.2 Å². The molecule has 3 N–H and O–H groups in total. The van der Waals surface area contributed by atoms with Crippen LogP contribution in [0.1, 0.15) is 27.7 Å². The number of hydrogen-bond acceptors (Lipinski definition) is 4. The van der Waals surface area contributed by atoms with Gasteiger partial charge in [-0.1, -0.05) is 15.9 Å². The highest BCUT2D eigenvalue weighted by atomic mass is 79.9. The van der Waals surface area contributed by atoms with Gasteiger partial charge in [-0.05, 0) is 51.4 Å². The second kappa shape index (κ2) is 5.21. The second-order valence-electron chi connectivity index (χ2n) is 5.28. The van der Waals surface area contributed by atoms with Crippen molar-refractivity contribution in [2.24, 2.45) is 0 Å². The lowest BCUT2D eigenvalue weighted by atomic mass is 9.76. The van der Waals surface area contributed by atoms with Crippen LogP contribution in [0, 0.1) is 0 Å². The van der Waals surface area contributed by atoms with Crippen LogP contribution in [0.5, 0.6) is 5.75 Å². The Balaban J connectivity index is 2.92. The Kier molecular flexibility index (Phi) is 4.49. The first kappa shape index (κ1) is 15.5. The smallest absolute Gasteiger partial charge is 0.491 e. The molecule has 0 heterocycles. The van der Waals surface area contributed by atoms with Crippen LogP contribution in [0.2, 0.25) is 0 Å². The molecule has 0 amide bonds. The Morgan fingerprint density at radius 2 is 1.72 bits per heavy atom. The zero-order valence-corrected chi connectivity index (χ0v) is 12.5. The number of halogens is 1. The molecule has 0 aliphatic heterocycles.